The van der Waals surface area contributed by atoms with Gasteiger partial charge in [0.1, 0.15) is 5.69 Å². The van der Waals surface area contributed by atoms with Crippen molar-refractivity contribution >= 4 is 11.9 Å². The molecule has 29 heavy (non-hydrogen) atoms. The summed E-state index contributed by atoms with van der Waals surface area (Å²) in [4.78, 5) is 30.3. The minimum atomic E-state index is -1.29. The summed E-state index contributed by atoms with van der Waals surface area (Å²) in [6.45, 7) is -0.465. The SMILES string of the molecule is O=C([O-])CN(C(=O)c1nc(-c2ccccc2)c(-c2ccccc2)o1)C1CCCC1. The van der Waals surface area contributed by atoms with Crippen molar-refractivity contribution in [2.24, 2.45) is 0 Å². The van der Waals surface area contributed by atoms with Crippen molar-refractivity contribution in [1.29, 1.82) is 0 Å². The minimum Gasteiger partial charge on any atom is -0.548 e. The molecule has 4 rings (SSSR count). The maximum atomic E-state index is 13.2. The van der Waals surface area contributed by atoms with E-state index < -0.39 is 18.4 Å². The highest BCUT2D eigenvalue weighted by Gasteiger charge is 2.31. The number of rotatable bonds is 6. The van der Waals surface area contributed by atoms with Crippen LogP contribution in [0.3, 0.4) is 0 Å². The van der Waals surface area contributed by atoms with Gasteiger partial charge < -0.3 is 19.2 Å². The Kier molecular flexibility index (Phi) is 5.42. The van der Waals surface area contributed by atoms with Crippen LogP contribution in [-0.4, -0.2) is 34.3 Å². The molecule has 1 fully saturated rings. The van der Waals surface area contributed by atoms with Crippen LogP contribution >= 0.6 is 0 Å². The molecule has 1 heterocycles. The van der Waals surface area contributed by atoms with Crippen molar-refractivity contribution in [2.75, 3.05) is 6.54 Å². The van der Waals surface area contributed by atoms with Crippen LogP contribution in [0.5, 0.6) is 0 Å². The third-order valence-electron chi connectivity index (χ3n) is 5.22. The molecule has 0 spiro atoms. The van der Waals surface area contributed by atoms with Gasteiger partial charge in [0.25, 0.3) is 5.89 Å². The molecule has 0 unspecified atom stereocenters. The van der Waals surface area contributed by atoms with Crippen molar-refractivity contribution < 1.29 is 19.1 Å². The van der Waals surface area contributed by atoms with Gasteiger partial charge in [0.2, 0.25) is 0 Å². The van der Waals surface area contributed by atoms with Gasteiger partial charge >= 0.3 is 5.91 Å². The molecule has 1 aliphatic carbocycles. The van der Waals surface area contributed by atoms with Crippen LogP contribution in [0.2, 0.25) is 0 Å². The van der Waals surface area contributed by atoms with Gasteiger partial charge in [-0.2, -0.15) is 0 Å². The van der Waals surface area contributed by atoms with Gasteiger partial charge in [-0.25, -0.2) is 4.98 Å². The Labute approximate surface area is 168 Å². The average Bonchev–Trinajstić information content (AvgIpc) is 3.43. The van der Waals surface area contributed by atoms with Gasteiger partial charge in [0.05, 0.1) is 12.5 Å². The first kappa shape index (κ1) is 18.9. The zero-order chi connectivity index (χ0) is 20.2. The molecule has 148 valence electrons. The van der Waals surface area contributed by atoms with Crippen LogP contribution in [0.25, 0.3) is 22.6 Å². The van der Waals surface area contributed by atoms with Gasteiger partial charge in [-0.15, -0.1) is 0 Å². The molecule has 0 saturated heterocycles. The molecule has 0 aliphatic heterocycles. The molecular formula is C23H21N2O4-. The van der Waals surface area contributed by atoms with Crippen molar-refractivity contribution in [3.8, 4) is 22.6 Å². The summed E-state index contributed by atoms with van der Waals surface area (Å²) in [5.41, 5.74) is 2.17. The summed E-state index contributed by atoms with van der Waals surface area (Å²) >= 11 is 0. The maximum absolute atomic E-state index is 13.2. The molecule has 0 bridgehead atoms. The van der Waals surface area contributed by atoms with Gasteiger partial charge in [-0.3, -0.25) is 4.79 Å². The normalized spacial score (nSPS) is 14.1. The van der Waals surface area contributed by atoms with E-state index in [0.717, 1.165) is 36.8 Å². The Morgan fingerprint density at radius 1 is 0.966 bits per heavy atom. The van der Waals surface area contributed by atoms with Crippen LogP contribution < -0.4 is 5.11 Å². The molecule has 0 N–H and O–H groups in total. The smallest absolute Gasteiger partial charge is 0.310 e. The fraction of sp³-hybridized carbons (Fsp3) is 0.261. The number of carboxylic acids is 1. The number of oxazole rings is 1. The second-order valence-corrected chi connectivity index (χ2v) is 7.17. The molecule has 2 aromatic carbocycles. The van der Waals surface area contributed by atoms with Gasteiger partial charge in [-0.05, 0) is 12.8 Å². The molecule has 6 heteroatoms. The topological polar surface area (TPSA) is 86.5 Å². The second-order valence-electron chi connectivity index (χ2n) is 7.17. The first-order chi connectivity index (χ1) is 14.1. The van der Waals surface area contributed by atoms with Crippen molar-refractivity contribution in [1.82, 2.24) is 9.88 Å². The number of carboxylic acid groups (broad SMARTS) is 1. The van der Waals surface area contributed by atoms with Crippen molar-refractivity contribution in [2.45, 2.75) is 31.7 Å². The lowest BCUT2D eigenvalue weighted by Gasteiger charge is -2.28. The van der Waals surface area contributed by atoms with E-state index in [-0.39, 0.29) is 11.9 Å². The summed E-state index contributed by atoms with van der Waals surface area (Å²) < 4.78 is 5.92. The molecule has 0 radical (unpaired) electrons. The zero-order valence-electron chi connectivity index (χ0n) is 15.9. The predicted octanol–water partition coefficient (Wildman–Crippen LogP) is 3.14. The van der Waals surface area contributed by atoms with E-state index in [1.54, 1.807) is 0 Å². The van der Waals surface area contributed by atoms with E-state index in [1.807, 2.05) is 60.7 Å². The third-order valence-corrected chi connectivity index (χ3v) is 5.22. The Bertz CT molecular complexity index is 935. The van der Waals surface area contributed by atoms with E-state index in [9.17, 15) is 14.7 Å². The molecule has 6 nitrogen and oxygen atoms in total. The summed E-state index contributed by atoms with van der Waals surface area (Å²) in [7, 11) is 0. The summed E-state index contributed by atoms with van der Waals surface area (Å²) in [5, 5.41) is 11.3. The van der Waals surface area contributed by atoms with E-state index in [4.69, 9.17) is 4.42 Å². The molecule has 1 aliphatic rings. The molecule has 3 aromatic rings. The summed E-state index contributed by atoms with van der Waals surface area (Å²) in [6.07, 6.45) is 3.49. The van der Waals surface area contributed by atoms with Crippen LogP contribution in [0.1, 0.15) is 36.4 Å². The first-order valence-corrected chi connectivity index (χ1v) is 9.76. The highest BCUT2D eigenvalue weighted by atomic mass is 16.4. The standard InChI is InChI=1S/C23H22N2O4/c26-19(27)15-25(18-13-7-8-14-18)23(28)22-24-20(16-9-3-1-4-10-16)21(29-22)17-11-5-2-6-12-17/h1-6,9-12,18H,7-8,13-15H2,(H,26,27)/p-1. The largest absolute Gasteiger partial charge is 0.548 e. The lowest BCUT2D eigenvalue weighted by molar-refractivity contribution is -0.306. The predicted molar refractivity (Wildman–Crippen MR) is 106 cm³/mol. The molecule has 1 amide bonds. The number of nitrogens with zero attached hydrogens (tertiary/aromatic N) is 2. The van der Waals surface area contributed by atoms with Crippen molar-refractivity contribution in [3.05, 3.63) is 66.6 Å². The number of hydrogen-bond acceptors (Lipinski definition) is 5. The fourth-order valence-corrected chi connectivity index (χ4v) is 3.83. The maximum Gasteiger partial charge on any atom is 0.310 e. The number of carbonyl (C=O) groups excluding carboxylic acids is 2. The van der Waals surface area contributed by atoms with Crippen LogP contribution in [0.4, 0.5) is 0 Å². The first-order valence-electron chi connectivity index (χ1n) is 9.76. The third kappa shape index (κ3) is 4.06. The Morgan fingerprint density at radius 3 is 2.14 bits per heavy atom. The monoisotopic (exact) mass is 389 g/mol. The number of amides is 1. The molecular weight excluding hydrogens is 368 g/mol. The van der Waals surface area contributed by atoms with E-state index in [2.05, 4.69) is 4.98 Å². The molecule has 1 saturated carbocycles. The van der Waals surface area contributed by atoms with E-state index in [1.165, 1.54) is 4.90 Å². The molecule has 1 aromatic heterocycles. The van der Waals surface area contributed by atoms with Gasteiger partial charge in [0.15, 0.2) is 5.76 Å². The fourth-order valence-electron chi connectivity index (χ4n) is 3.83. The van der Waals surface area contributed by atoms with E-state index >= 15 is 0 Å². The second kappa shape index (κ2) is 8.31. The van der Waals surface area contributed by atoms with Crippen LogP contribution in [0.15, 0.2) is 65.1 Å². The van der Waals surface area contributed by atoms with Crippen LogP contribution in [-0.2, 0) is 4.79 Å². The summed E-state index contributed by atoms with van der Waals surface area (Å²) in [6, 6.07) is 18.8. The van der Waals surface area contributed by atoms with Crippen molar-refractivity contribution in [3.63, 3.8) is 0 Å². The van der Waals surface area contributed by atoms with Gasteiger partial charge in [-0.1, -0.05) is 73.5 Å². The lowest BCUT2D eigenvalue weighted by Crippen LogP contribution is -2.46. The minimum absolute atomic E-state index is 0.101. The van der Waals surface area contributed by atoms with Crippen LogP contribution in [0, 0.1) is 0 Å². The van der Waals surface area contributed by atoms with E-state index in [0.29, 0.717) is 11.5 Å². The number of aliphatic carboxylic acids is 1. The number of aromatic nitrogens is 1. The Morgan fingerprint density at radius 2 is 1.55 bits per heavy atom. The van der Waals surface area contributed by atoms with Gasteiger partial charge in [0, 0.05) is 17.2 Å². The number of benzene rings is 2. The average molecular weight is 389 g/mol. The lowest BCUT2D eigenvalue weighted by atomic mass is 10.1. The Balaban J connectivity index is 1.76. The Hall–Kier alpha value is -3.41. The highest BCUT2D eigenvalue weighted by molar-refractivity contribution is 5.94. The highest BCUT2D eigenvalue weighted by Crippen LogP contribution is 2.33. The number of hydrogen-bond donors (Lipinski definition) is 0. The molecule has 0 atom stereocenters. The zero-order valence-corrected chi connectivity index (χ0v) is 15.9. The summed E-state index contributed by atoms with van der Waals surface area (Å²) in [5.74, 6) is -1.42. The number of carbonyl (C=O) groups is 2. The quantitative estimate of drug-likeness (QED) is 0.646.